The lowest BCUT2D eigenvalue weighted by Gasteiger charge is -2.19. The average molecular weight is 216 g/mol. The predicted molar refractivity (Wildman–Crippen MR) is 61.9 cm³/mol. The van der Waals surface area contributed by atoms with Crippen molar-refractivity contribution in [3.8, 4) is 0 Å². The van der Waals surface area contributed by atoms with Gasteiger partial charge in [-0.25, -0.2) is 0 Å². The van der Waals surface area contributed by atoms with Gasteiger partial charge in [0.1, 0.15) is 0 Å². The van der Waals surface area contributed by atoms with Crippen molar-refractivity contribution in [2.24, 2.45) is 0 Å². The molecule has 0 heterocycles. The van der Waals surface area contributed by atoms with Crippen molar-refractivity contribution in [2.45, 2.75) is 26.7 Å². The van der Waals surface area contributed by atoms with E-state index in [2.05, 4.69) is 28.8 Å². The Morgan fingerprint density at radius 1 is 1.33 bits per heavy atom. The highest BCUT2D eigenvalue weighted by molar-refractivity contribution is 5.69. The summed E-state index contributed by atoms with van der Waals surface area (Å²) in [6.07, 6.45) is 1.62. The molecule has 0 aromatic heterocycles. The third-order valence-electron chi connectivity index (χ3n) is 2.38. The van der Waals surface area contributed by atoms with Crippen LogP contribution in [-0.4, -0.2) is 50.7 Å². The number of carbonyl (C=O) groups excluding carboxylic acids is 1. The van der Waals surface area contributed by atoms with Crippen molar-refractivity contribution in [3.05, 3.63) is 0 Å². The molecule has 0 rings (SSSR count). The van der Waals surface area contributed by atoms with Crippen LogP contribution in [-0.2, 0) is 9.53 Å². The van der Waals surface area contributed by atoms with E-state index in [-0.39, 0.29) is 5.97 Å². The maximum absolute atomic E-state index is 10.9. The van der Waals surface area contributed by atoms with E-state index in [0.29, 0.717) is 6.42 Å². The normalized spacial score (nSPS) is 10.7. The molecule has 0 aliphatic rings. The molecular weight excluding hydrogens is 192 g/mol. The van der Waals surface area contributed by atoms with E-state index in [0.717, 1.165) is 39.1 Å². The molecule has 4 heteroatoms. The number of nitrogens with one attached hydrogen (secondary N) is 1. The maximum Gasteiger partial charge on any atom is 0.306 e. The minimum Gasteiger partial charge on any atom is -0.469 e. The Morgan fingerprint density at radius 2 is 2.07 bits per heavy atom. The van der Waals surface area contributed by atoms with Gasteiger partial charge in [-0.1, -0.05) is 13.8 Å². The van der Waals surface area contributed by atoms with E-state index in [1.807, 2.05) is 0 Å². The molecule has 0 spiro atoms. The highest BCUT2D eigenvalue weighted by atomic mass is 16.5. The van der Waals surface area contributed by atoms with E-state index >= 15 is 0 Å². The second-order valence-corrected chi connectivity index (χ2v) is 3.47. The van der Waals surface area contributed by atoms with Crippen molar-refractivity contribution in [1.29, 1.82) is 0 Å². The average Bonchev–Trinajstić information content (AvgIpc) is 2.27. The molecule has 0 aliphatic carbocycles. The Morgan fingerprint density at radius 3 is 2.60 bits per heavy atom. The van der Waals surface area contributed by atoms with Crippen molar-refractivity contribution < 1.29 is 9.53 Å². The number of carbonyl (C=O) groups is 1. The lowest BCUT2D eigenvalue weighted by molar-refractivity contribution is -0.140. The van der Waals surface area contributed by atoms with Gasteiger partial charge in [0.25, 0.3) is 0 Å². The molecule has 0 bridgehead atoms. The zero-order chi connectivity index (χ0) is 11.5. The Balaban J connectivity index is 3.50. The molecule has 0 saturated carbocycles. The van der Waals surface area contributed by atoms with Gasteiger partial charge in [0.15, 0.2) is 0 Å². The van der Waals surface area contributed by atoms with Crippen LogP contribution in [0.1, 0.15) is 26.7 Å². The molecule has 0 atom stereocenters. The third kappa shape index (κ3) is 8.39. The topological polar surface area (TPSA) is 41.6 Å². The fourth-order valence-corrected chi connectivity index (χ4v) is 1.38. The first-order valence-electron chi connectivity index (χ1n) is 5.74. The lowest BCUT2D eigenvalue weighted by Crippen LogP contribution is -2.29. The molecule has 0 aliphatic heterocycles. The van der Waals surface area contributed by atoms with Crippen molar-refractivity contribution >= 4 is 5.97 Å². The Bertz CT molecular complexity index is 163. The fourth-order valence-electron chi connectivity index (χ4n) is 1.38. The van der Waals surface area contributed by atoms with Gasteiger partial charge in [0.2, 0.25) is 0 Å². The van der Waals surface area contributed by atoms with Crippen LogP contribution in [0.2, 0.25) is 0 Å². The zero-order valence-electron chi connectivity index (χ0n) is 10.2. The van der Waals surface area contributed by atoms with Crippen LogP contribution < -0.4 is 5.32 Å². The van der Waals surface area contributed by atoms with Crippen LogP contribution in [0.15, 0.2) is 0 Å². The lowest BCUT2D eigenvalue weighted by atomic mass is 10.3. The van der Waals surface area contributed by atoms with Gasteiger partial charge in [-0.3, -0.25) is 4.79 Å². The van der Waals surface area contributed by atoms with Gasteiger partial charge in [-0.05, 0) is 32.6 Å². The zero-order valence-corrected chi connectivity index (χ0v) is 10.2. The molecule has 0 fully saturated rings. The summed E-state index contributed by atoms with van der Waals surface area (Å²) in [6.45, 7) is 9.12. The summed E-state index contributed by atoms with van der Waals surface area (Å²) in [5.74, 6) is -0.125. The smallest absolute Gasteiger partial charge is 0.306 e. The first kappa shape index (κ1) is 14.4. The molecule has 1 N–H and O–H groups in total. The number of hydrogen-bond donors (Lipinski definition) is 1. The summed E-state index contributed by atoms with van der Waals surface area (Å²) in [6, 6.07) is 0. The number of rotatable bonds is 9. The minimum absolute atomic E-state index is 0.125. The van der Waals surface area contributed by atoms with E-state index in [1.165, 1.54) is 7.11 Å². The van der Waals surface area contributed by atoms with Crippen molar-refractivity contribution in [1.82, 2.24) is 10.2 Å². The van der Waals surface area contributed by atoms with E-state index < -0.39 is 0 Å². The second-order valence-electron chi connectivity index (χ2n) is 3.47. The van der Waals surface area contributed by atoms with Gasteiger partial charge < -0.3 is 15.0 Å². The summed E-state index contributed by atoms with van der Waals surface area (Å²) >= 11 is 0. The number of hydrogen-bond acceptors (Lipinski definition) is 4. The second kappa shape index (κ2) is 9.93. The van der Waals surface area contributed by atoms with Gasteiger partial charge in [-0.15, -0.1) is 0 Å². The molecule has 15 heavy (non-hydrogen) atoms. The summed E-state index contributed by atoms with van der Waals surface area (Å²) in [5.41, 5.74) is 0. The molecule has 90 valence electrons. The molecule has 4 nitrogen and oxygen atoms in total. The minimum atomic E-state index is -0.125. The van der Waals surface area contributed by atoms with Crippen LogP contribution in [0, 0.1) is 0 Å². The maximum atomic E-state index is 10.9. The van der Waals surface area contributed by atoms with Crippen LogP contribution >= 0.6 is 0 Å². The summed E-state index contributed by atoms with van der Waals surface area (Å²) in [7, 11) is 1.43. The Hall–Kier alpha value is -0.610. The van der Waals surface area contributed by atoms with Crippen LogP contribution in [0.5, 0.6) is 0 Å². The quantitative estimate of drug-likeness (QED) is 0.459. The van der Waals surface area contributed by atoms with Crippen molar-refractivity contribution in [3.63, 3.8) is 0 Å². The Labute approximate surface area is 93.0 Å². The van der Waals surface area contributed by atoms with Gasteiger partial charge in [0.05, 0.1) is 13.5 Å². The summed E-state index contributed by atoms with van der Waals surface area (Å²) in [4.78, 5) is 13.2. The molecule has 0 aromatic rings. The first-order chi connectivity index (χ1) is 7.24. The fraction of sp³-hybridized carbons (Fsp3) is 0.909. The largest absolute Gasteiger partial charge is 0.469 e. The molecule has 0 amide bonds. The van der Waals surface area contributed by atoms with E-state index in [9.17, 15) is 4.79 Å². The Kier molecular flexibility index (Phi) is 9.52. The van der Waals surface area contributed by atoms with Gasteiger partial charge in [-0.2, -0.15) is 0 Å². The number of methoxy groups -OCH3 is 1. The van der Waals surface area contributed by atoms with Crippen LogP contribution in [0.4, 0.5) is 0 Å². The molecular formula is C11H24N2O2. The van der Waals surface area contributed by atoms with Gasteiger partial charge in [0, 0.05) is 6.54 Å². The predicted octanol–water partition coefficient (Wildman–Crippen LogP) is 0.871. The van der Waals surface area contributed by atoms with Crippen LogP contribution in [0.3, 0.4) is 0 Å². The number of nitrogens with zero attached hydrogens (tertiary/aromatic N) is 1. The SMILES string of the molecule is CCNCCCN(CC)CCC(=O)OC. The number of esters is 1. The third-order valence-corrected chi connectivity index (χ3v) is 2.38. The molecule has 0 saturated heterocycles. The summed E-state index contributed by atoms with van der Waals surface area (Å²) < 4.78 is 4.61. The molecule has 0 radical (unpaired) electrons. The monoisotopic (exact) mass is 216 g/mol. The number of ether oxygens (including phenoxy) is 1. The highest BCUT2D eigenvalue weighted by Crippen LogP contribution is 1.94. The van der Waals surface area contributed by atoms with Crippen molar-refractivity contribution in [2.75, 3.05) is 39.8 Å². The van der Waals surface area contributed by atoms with E-state index in [4.69, 9.17) is 0 Å². The standard InChI is InChI=1S/C11H24N2O2/c1-4-12-8-6-9-13(5-2)10-7-11(14)15-3/h12H,4-10H2,1-3H3. The van der Waals surface area contributed by atoms with Crippen LogP contribution in [0.25, 0.3) is 0 Å². The summed E-state index contributed by atoms with van der Waals surface area (Å²) in [5, 5.41) is 3.29. The molecule has 0 unspecified atom stereocenters. The highest BCUT2D eigenvalue weighted by Gasteiger charge is 2.05. The van der Waals surface area contributed by atoms with Gasteiger partial charge >= 0.3 is 5.97 Å². The molecule has 0 aromatic carbocycles. The first-order valence-corrected chi connectivity index (χ1v) is 5.74. The van der Waals surface area contributed by atoms with E-state index in [1.54, 1.807) is 0 Å².